The number of aromatic nitrogens is 7. The van der Waals surface area contributed by atoms with Crippen molar-refractivity contribution < 1.29 is 27.9 Å². The number of pyridine rings is 1. The van der Waals surface area contributed by atoms with Gasteiger partial charge in [-0.3, -0.25) is 24.0 Å². The summed E-state index contributed by atoms with van der Waals surface area (Å²) >= 11 is 13.2. The minimum absolute atomic E-state index is 0.0199. The third-order valence-electron chi connectivity index (χ3n) is 12.6. The van der Waals surface area contributed by atoms with Crippen molar-refractivity contribution in [2.45, 2.75) is 11.4 Å². The number of aryl methyl sites for hydroxylation is 1. The summed E-state index contributed by atoms with van der Waals surface area (Å²) in [4.78, 5) is 66.3. The van der Waals surface area contributed by atoms with E-state index in [9.17, 15) is 22.8 Å². The lowest BCUT2D eigenvalue weighted by Crippen LogP contribution is -2.18. The maximum atomic E-state index is 13.3. The van der Waals surface area contributed by atoms with Gasteiger partial charge in [0.2, 0.25) is 23.7 Å². The Balaban J connectivity index is 0.691. The van der Waals surface area contributed by atoms with Crippen LogP contribution < -0.4 is 31.3 Å². The first-order valence-corrected chi connectivity index (χ1v) is 27.5. The van der Waals surface area contributed by atoms with Crippen molar-refractivity contribution in [3.8, 4) is 22.6 Å². The zero-order valence-electron chi connectivity index (χ0n) is 43.7. The number of hydrogen-bond acceptors (Lipinski definition) is 14. The molecular weight excluding hydrogens is 1100 g/mol. The highest BCUT2D eigenvalue weighted by Gasteiger charge is 2.18. The van der Waals surface area contributed by atoms with Crippen LogP contribution in [-0.2, 0) is 33.2 Å². The number of aliphatic hydroxyl groups excluding tert-OH is 1. The molecule has 0 bridgehead atoms. The Morgan fingerprint density at radius 1 is 0.683 bits per heavy atom. The number of fused-ring (bicyclic) bond motifs is 2. The average molecular weight is 1150 g/mol. The minimum atomic E-state index is -4.00. The molecule has 20 nitrogen and oxygen atoms in total. The predicted octanol–water partition coefficient (Wildman–Crippen LogP) is 10.9. The van der Waals surface area contributed by atoms with Gasteiger partial charge in [-0.1, -0.05) is 59.6 Å². The second kappa shape index (κ2) is 24.7. The van der Waals surface area contributed by atoms with Crippen molar-refractivity contribution in [3.05, 3.63) is 204 Å². The quantitative estimate of drug-likeness (QED) is 0.0330. The normalized spacial score (nSPS) is 11.6. The maximum Gasteiger partial charge on any atom is 0.261 e. The van der Waals surface area contributed by atoms with Crippen LogP contribution >= 0.6 is 23.2 Å². The molecule has 0 atom stereocenters. The number of anilines is 8. The average Bonchev–Trinajstić information content (AvgIpc) is 4.24. The molecule has 5 aromatic carbocycles. The van der Waals surface area contributed by atoms with E-state index in [0.717, 1.165) is 33.1 Å². The number of amides is 3. The van der Waals surface area contributed by atoms with Gasteiger partial charge in [0.25, 0.3) is 15.9 Å². The van der Waals surface area contributed by atoms with Gasteiger partial charge in [-0.05, 0) is 122 Å². The van der Waals surface area contributed by atoms with Crippen LogP contribution in [0.3, 0.4) is 0 Å². The highest BCUT2D eigenvalue weighted by atomic mass is 35.5. The van der Waals surface area contributed by atoms with Crippen LogP contribution in [0.1, 0.15) is 15.9 Å². The van der Waals surface area contributed by atoms with Gasteiger partial charge in [0.1, 0.15) is 11.3 Å². The summed E-state index contributed by atoms with van der Waals surface area (Å²) < 4.78 is 31.0. The molecule has 0 saturated carbocycles. The highest BCUT2D eigenvalue weighted by molar-refractivity contribution is 7.92. The number of likely N-dealkylation sites (N-methyl/N-ethyl adjacent to an activating group) is 1. The number of carbonyl (C=O) groups is 3. The van der Waals surface area contributed by atoms with Gasteiger partial charge in [-0.15, -0.1) is 0 Å². The molecule has 5 aromatic heterocycles. The lowest BCUT2D eigenvalue weighted by molar-refractivity contribution is -0.112. The van der Waals surface area contributed by atoms with Crippen LogP contribution in [0.15, 0.2) is 187 Å². The van der Waals surface area contributed by atoms with E-state index in [-0.39, 0.29) is 35.0 Å². The van der Waals surface area contributed by atoms with Gasteiger partial charge in [-0.25, -0.2) is 33.3 Å². The van der Waals surface area contributed by atoms with Crippen molar-refractivity contribution in [3.63, 3.8) is 0 Å². The van der Waals surface area contributed by atoms with Gasteiger partial charge in [0.15, 0.2) is 0 Å². The van der Waals surface area contributed by atoms with Gasteiger partial charge >= 0.3 is 0 Å². The smallest absolute Gasteiger partial charge is 0.261 e. The first kappa shape index (κ1) is 55.5. The third-order valence-corrected chi connectivity index (χ3v) is 14.5. The number of H-pyrrole nitrogens is 1. The highest BCUT2D eigenvalue weighted by Crippen LogP contribution is 2.34. The zero-order chi connectivity index (χ0) is 57.3. The van der Waals surface area contributed by atoms with Crippen LogP contribution in [0.25, 0.3) is 44.6 Å². The molecule has 23 heteroatoms. The zero-order valence-corrected chi connectivity index (χ0v) is 46.1. The Morgan fingerprint density at radius 2 is 1.30 bits per heavy atom. The first-order valence-electron chi connectivity index (χ1n) is 25.2. The van der Waals surface area contributed by atoms with E-state index < -0.39 is 15.9 Å². The standard InChI is InChI=1S/C59H50Cl2N14O6S/c1-74(26-5-11-52(77)65-39-17-14-38(15-18-39)57(79)67-41-7-3-8-42(30-41)68-59-64-34-49(61)55(72-59)50-24-16-37-25-27-75(2)56(37)70-50)35-36-13-23-46-47(32-62-51(46)29-36)54-48(60)33-63-58(71-54)69-43-9-4-10-44(31-43)73-82(80,81)45-21-19-40(20-22-45)66-53(78)12-6-28-76/h3-25,27,29-34,62,73,76H,26,28,35H2,1-2H3,(H,65,77)(H,66,78)(H,67,79)(H,63,69,71)(H,64,68,72)/b11-5+,12-6+. The summed E-state index contributed by atoms with van der Waals surface area (Å²) in [6, 6.07) is 37.8. The van der Waals surface area contributed by atoms with E-state index in [4.69, 9.17) is 38.3 Å². The first-order chi connectivity index (χ1) is 39.6. The van der Waals surface area contributed by atoms with E-state index in [0.29, 0.717) is 80.2 Å². The van der Waals surface area contributed by atoms with Crippen molar-refractivity contribution in [1.82, 2.24) is 39.4 Å². The molecule has 10 rings (SSSR count). The summed E-state index contributed by atoms with van der Waals surface area (Å²) in [5.74, 6) is -0.594. The summed E-state index contributed by atoms with van der Waals surface area (Å²) in [6.07, 6.45) is 12.5. The van der Waals surface area contributed by atoms with E-state index in [1.54, 1.807) is 72.8 Å². The van der Waals surface area contributed by atoms with Crippen LogP contribution in [-0.4, -0.2) is 90.8 Å². The number of halogens is 2. The molecule has 0 unspecified atom stereocenters. The Hall–Kier alpha value is -9.77. The molecular formula is C59H50Cl2N14O6S. The fourth-order valence-corrected chi connectivity index (χ4v) is 10.1. The Bertz CT molecular complexity index is 4210. The number of nitrogens with zero attached hydrogens (tertiary/aromatic N) is 7. The van der Waals surface area contributed by atoms with Crippen LogP contribution in [0.4, 0.5) is 46.0 Å². The molecule has 0 aliphatic carbocycles. The number of carbonyl (C=O) groups excluding carboxylic acids is 3. The van der Waals surface area contributed by atoms with Crippen LogP contribution in [0.2, 0.25) is 10.0 Å². The number of aliphatic hydroxyl groups is 1. The van der Waals surface area contributed by atoms with Gasteiger partial charge in [0, 0.05) is 101 Å². The topological polar surface area (TPSA) is 266 Å². The van der Waals surface area contributed by atoms with E-state index >= 15 is 0 Å². The summed E-state index contributed by atoms with van der Waals surface area (Å²) in [7, 11) is -0.131. The van der Waals surface area contributed by atoms with Crippen molar-refractivity contribution in [2.24, 2.45) is 7.05 Å². The Labute approximate surface area is 480 Å². The van der Waals surface area contributed by atoms with Crippen molar-refractivity contribution in [1.29, 1.82) is 0 Å². The molecule has 0 radical (unpaired) electrons. The molecule has 0 saturated heterocycles. The molecule has 0 aliphatic heterocycles. The summed E-state index contributed by atoms with van der Waals surface area (Å²) in [6.45, 7) is 0.780. The number of sulfonamides is 1. The van der Waals surface area contributed by atoms with Crippen LogP contribution in [0, 0.1) is 0 Å². The molecule has 5 heterocycles. The molecule has 3 amide bonds. The fourth-order valence-electron chi connectivity index (χ4n) is 8.63. The van der Waals surface area contributed by atoms with E-state index in [2.05, 4.69) is 56.1 Å². The number of hydrogen-bond donors (Lipinski definition) is 8. The number of aromatic amines is 1. The summed E-state index contributed by atoms with van der Waals surface area (Å²) in [5.41, 5.74) is 8.25. The van der Waals surface area contributed by atoms with Crippen LogP contribution in [0.5, 0.6) is 0 Å². The van der Waals surface area contributed by atoms with E-state index in [1.807, 2.05) is 73.5 Å². The SMILES string of the molecule is CN(C/C=C/C(=O)Nc1ccc(C(=O)Nc2cccc(Nc3ncc(Cl)c(-c4ccc5ccn(C)c5n4)n3)c2)cc1)Cc1ccc2c(-c3nc(Nc4cccc(NS(=O)(=O)c5ccc(NC(=O)/C=C/CO)cc5)c4)ncc3Cl)c[nH]c2c1. The van der Waals surface area contributed by atoms with E-state index in [1.165, 1.54) is 54.9 Å². The van der Waals surface area contributed by atoms with Crippen molar-refractivity contribution in [2.75, 3.05) is 51.5 Å². The predicted molar refractivity (Wildman–Crippen MR) is 321 cm³/mol. The van der Waals surface area contributed by atoms with Gasteiger partial charge < -0.3 is 41.2 Å². The molecule has 0 spiro atoms. The summed E-state index contributed by atoms with van der Waals surface area (Å²) in [5, 5.41) is 26.1. The fraction of sp³-hybridized carbons (Fsp3) is 0.0847. The largest absolute Gasteiger partial charge is 0.392 e. The molecule has 10 aromatic rings. The second-order valence-corrected chi connectivity index (χ2v) is 21.1. The molecule has 82 heavy (non-hydrogen) atoms. The van der Waals surface area contributed by atoms with Gasteiger partial charge in [-0.2, -0.15) is 0 Å². The second-order valence-electron chi connectivity index (χ2n) is 18.6. The Morgan fingerprint density at radius 3 is 2.00 bits per heavy atom. The molecule has 0 aliphatic rings. The third kappa shape index (κ3) is 13.6. The van der Waals surface area contributed by atoms with Gasteiger partial charge in [0.05, 0.1) is 51.0 Å². The lowest BCUT2D eigenvalue weighted by Gasteiger charge is -2.14. The maximum absolute atomic E-state index is 13.3. The number of benzene rings is 5. The number of nitrogens with one attached hydrogen (secondary N) is 7. The lowest BCUT2D eigenvalue weighted by atomic mass is 10.1. The monoisotopic (exact) mass is 1150 g/mol. The Kier molecular flexibility index (Phi) is 16.7. The molecule has 0 fully saturated rings. The van der Waals surface area contributed by atoms with Crippen molar-refractivity contribution >= 4 is 119 Å². The number of rotatable bonds is 20. The minimum Gasteiger partial charge on any atom is -0.392 e. The molecule has 412 valence electrons. The molecule has 8 N–H and O–H groups in total.